The number of rotatable bonds is 9. The molecular weight excluding hydrogens is 410 g/mol. The Labute approximate surface area is 189 Å². The van der Waals surface area contributed by atoms with Gasteiger partial charge in [-0.2, -0.15) is 0 Å². The molecule has 166 valence electrons. The van der Waals surface area contributed by atoms with Crippen molar-refractivity contribution in [2.45, 2.75) is 46.6 Å². The Bertz CT molecular complexity index is 880. The summed E-state index contributed by atoms with van der Waals surface area (Å²) in [5.41, 5.74) is 1.73. The first-order valence-corrected chi connectivity index (χ1v) is 11.0. The molecule has 0 aliphatic carbocycles. The molecule has 1 unspecified atom stereocenters. The third-order valence-corrected chi connectivity index (χ3v) is 4.91. The third-order valence-electron chi connectivity index (χ3n) is 4.70. The highest BCUT2D eigenvalue weighted by Crippen LogP contribution is 2.14. The molecule has 0 aromatic heterocycles. The van der Waals surface area contributed by atoms with Crippen LogP contribution in [0.2, 0.25) is 0 Å². The fourth-order valence-corrected chi connectivity index (χ4v) is 2.78. The lowest BCUT2D eigenvalue weighted by Crippen LogP contribution is -2.34. The minimum atomic E-state index is -0.309. The van der Waals surface area contributed by atoms with Crippen LogP contribution in [0.4, 0.5) is 5.69 Å². The summed E-state index contributed by atoms with van der Waals surface area (Å²) in [6.45, 7) is 8.92. The van der Waals surface area contributed by atoms with Gasteiger partial charge in [-0.15, -0.1) is 0 Å². The van der Waals surface area contributed by atoms with Crippen molar-refractivity contribution < 1.29 is 14.3 Å². The zero-order valence-electron chi connectivity index (χ0n) is 18.5. The number of carbonyl (C=O) groups is 2. The molecule has 0 bridgehead atoms. The van der Waals surface area contributed by atoms with Crippen LogP contribution in [-0.4, -0.2) is 29.6 Å². The second-order valence-electron chi connectivity index (χ2n) is 7.82. The summed E-state index contributed by atoms with van der Waals surface area (Å²) in [4.78, 5) is 24.5. The van der Waals surface area contributed by atoms with Crippen LogP contribution in [0.1, 0.15) is 61.3 Å². The first-order chi connectivity index (χ1) is 14.8. The van der Waals surface area contributed by atoms with E-state index in [-0.39, 0.29) is 23.0 Å². The van der Waals surface area contributed by atoms with Gasteiger partial charge >= 0.3 is 0 Å². The quantitative estimate of drug-likeness (QED) is 0.489. The van der Waals surface area contributed by atoms with Gasteiger partial charge in [0.15, 0.2) is 5.11 Å². The van der Waals surface area contributed by atoms with E-state index >= 15 is 0 Å². The predicted molar refractivity (Wildman–Crippen MR) is 129 cm³/mol. The number of hydrogen-bond acceptors (Lipinski definition) is 4. The van der Waals surface area contributed by atoms with Gasteiger partial charge in [-0.3, -0.25) is 14.9 Å². The molecule has 2 rings (SSSR count). The maximum Gasteiger partial charge on any atom is 0.257 e. The molecule has 0 aliphatic rings. The Kier molecular flexibility index (Phi) is 9.46. The van der Waals surface area contributed by atoms with E-state index < -0.39 is 0 Å². The number of thiocarbonyl (C=S) groups is 1. The molecule has 1 atom stereocenters. The van der Waals surface area contributed by atoms with E-state index in [9.17, 15) is 9.59 Å². The van der Waals surface area contributed by atoms with Gasteiger partial charge in [-0.05, 0) is 86.4 Å². The van der Waals surface area contributed by atoms with Crippen LogP contribution in [0.25, 0.3) is 0 Å². The zero-order valence-corrected chi connectivity index (χ0v) is 19.3. The van der Waals surface area contributed by atoms with Gasteiger partial charge in [0.05, 0.1) is 6.61 Å². The van der Waals surface area contributed by atoms with Gasteiger partial charge in [0, 0.05) is 22.9 Å². The molecule has 2 amide bonds. The SMILES string of the molecule is CCC(C)NC(=O)c1ccc(NC(=S)NC(=O)c2ccc(OCCC(C)C)cc2)cc1. The molecule has 2 aromatic carbocycles. The number of amides is 2. The smallest absolute Gasteiger partial charge is 0.257 e. The molecule has 7 heteroatoms. The van der Waals surface area contributed by atoms with Crippen molar-refractivity contribution in [2.24, 2.45) is 5.92 Å². The van der Waals surface area contributed by atoms with Crippen molar-refractivity contribution in [3.8, 4) is 5.75 Å². The van der Waals surface area contributed by atoms with E-state index in [1.165, 1.54) is 0 Å². The van der Waals surface area contributed by atoms with Crippen LogP contribution in [0.5, 0.6) is 5.75 Å². The maximum atomic E-state index is 12.4. The number of anilines is 1. The van der Waals surface area contributed by atoms with Gasteiger partial charge in [0.1, 0.15) is 5.75 Å². The number of carbonyl (C=O) groups excluding carboxylic acids is 2. The van der Waals surface area contributed by atoms with Gasteiger partial charge in [-0.25, -0.2) is 0 Å². The van der Waals surface area contributed by atoms with Gasteiger partial charge in [-0.1, -0.05) is 20.8 Å². The molecule has 0 saturated carbocycles. The van der Waals surface area contributed by atoms with Crippen molar-refractivity contribution in [3.05, 3.63) is 59.7 Å². The van der Waals surface area contributed by atoms with Crippen LogP contribution in [0.15, 0.2) is 48.5 Å². The summed E-state index contributed by atoms with van der Waals surface area (Å²) in [6, 6.07) is 14.0. The van der Waals surface area contributed by atoms with E-state index in [0.717, 1.165) is 18.6 Å². The summed E-state index contributed by atoms with van der Waals surface area (Å²) < 4.78 is 5.67. The van der Waals surface area contributed by atoms with E-state index in [1.807, 2.05) is 13.8 Å². The van der Waals surface area contributed by atoms with Crippen molar-refractivity contribution in [1.29, 1.82) is 0 Å². The lowest BCUT2D eigenvalue weighted by atomic mass is 10.1. The van der Waals surface area contributed by atoms with Crippen molar-refractivity contribution in [3.63, 3.8) is 0 Å². The molecule has 6 nitrogen and oxygen atoms in total. The summed E-state index contributed by atoms with van der Waals surface area (Å²) in [5.74, 6) is 0.885. The Hall–Kier alpha value is -2.93. The third kappa shape index (κ3) is 8.38. The van der Waals surface area contributed by atoms with Crippen molar-refractivity contribution >= 4 is 34.8 Å². The summed E-state index contributed by atoms with van der Waals surface area (Å²) in [5, 5.41) is 8.71. The number of hydrogen-bond donors (Lipinski definition) is 3. The zero-order chi connectivity index (χ0) is 22.8. The van der Waals surface area contributed by atoms with E-state index in [1.54, 1.807) is 48.5 Å². The van der Waals surface area contributed by atoms with Crippen LogP contribution < -0.4 is 20.7 Å². The fraction of sp³-hybridized carbons (Fsp3) is 0.375. The monoisotopic (exact) mass is 441 g/mol. The Balaban J connectivity index is 1.85. The topological polar surface area (TPSA) is 79.5 Å². The molecule has 2 aromatic rings. The normalized spacial score (nSPS) is 11.5. The molecule has 0 heterocycles. The average molecular weight is 442 g/mol. The predicted octanol–water partition coefficient (Wildman–Crippen LogP) is 4.77. The minimum Gasteiger partial charge on any atom is -0.494 e. The van der Waals surface area contributed by atoms with E-state index in [2.05, 4.69) is 29.8 Å². The Morgan fingerprint density at radius 3 is 2.10 bits per heavy atom. The Morgan fingerprint density at radius 2 is 1.52 bits per heavy atom. The lowest BCUT2D eigenvalue weighted by Gasteiger charge is -2.13. The summed E-state index contributed by atoms with van der Waals surface area (Å²) in [6.07, 6.45) is 1.85. The Morgan fingerprint density at radius 1 is 0.935 bits per heavy atom. The first-order valence-electron chi connectivity index (χ1n) is 10.5. The molecular formula is C24H31N3O3S. The van der Waals surface area contributed by atoms with Crippen molar-refractivity contribution in [1.82, 2.24) is 10.6 Å². The maximum absolute atomic E-state index is 12.4. The minimum absolute atomic E-state index is 0.117. The highest BCUT2D eigenvalue weighted by atomic mass is 32.1. The van der Waals surface area contributed by atoms with Crippen LogP contribution >= 0.6 is 12.2 Å². The molecule has 0 fully saturated rings. The molecule has 3 N–H and O–H groups in total. The molecule has 0 aliphatic heterocycles. The van der Waals surface area contributed by atoms with Gasteiger partial charge < -0.3 is 15.4 Å². The summed E-state index contributed by atoms with van der Waals surface area (Å²) in [7, 11) is 0. The van der Waals surface area contributed by atoms with E-state index in [0.29, 0.717) is 29.3 Å². The number of ether oxygens (including phenoxy) is 1. The van der Waals surface area contributed by atoms with Crippen LogP contribution in [0.3, 0.4) is 0 Å². The second-order valence-corrected chi connectivity index (χ2v) is 8.23. The lowest BCUT2D eigenvalue weighted by molar-refractivity contribution is 0.0937. The average Bonchev–Trinajstić information content (AvgIpc) is 2.74. The van der Waals surface area contributed by atoms with Gasteiger partial charge in [0.2, 0.25) is 0 Å². The second kappa shape index (κ2) is 12.1. The molecule has 0 saturated heterocycles. The van der Waals surface area contributed by atoms with Crippen LogP contribution in [0, 0.1) is 5.92 Å². The highest BCUT2D eigenvalue weighted by molar-refractivity contribution is 7.80. The van der Waals surface area contributed by atoms with Crippen LogP contribution in [-0.2, 0) is 0 Å². The van der Waals surface area contributed by atoms with Gasteiger partial charge in [0.25, 0.3) is 11.8 Å². The number of benzene rings is 2. The number of nitrogens with one attached hydrogen (secondary N) is 3. The molecule has 0 spiro atoms. The summed E-state index contributed by atoms with van der Waals surface area (Å²) >= 11 is 5.23. The molecule has 31 heavy (non-hydrogen) atoms. The largest absolute Gasteiger partial charge is 0.494 e. The standard InChI is InChI=1S/C24H31N3O3S/c1-5-17(4)25-22(28)18-6-10-20(11-7-18)26-24(31)27-23(29)19-8-12-21(13-9-19)30-15-14-16(2)3/h6-13,16-17H,5,14-15H2,1-4H3,(H,25,28)(H2,26,27,29,31). The highest BCUT2D eigenvalue weighted by Gasteiger charge is 2.10. The van der Waals surface area contributed by atoms with Crippen molar-refractivity contribution in [2.75, 3.05) is 11.9 Å². The van der Waals surface area contributed by atoms with E-state index in [4.69, 9.17) is 17.0 Å². The fourth-order valence-electron chi connectivity index (χ4n) is 2.57. The molecule has 0 radical (unpaired) electrons. The first kappa shape index (κ1) is 24.3.